The number of rotatable bonds is 7. The third-order valence-corrected chi connectivity index (χ3v) is 7.61. The molecule has 3 aliphatic heterocycles. The molecule has 3 aliphatic rings. The summed E-state index contributed by atoms with van der Waals surface area (Å²) in [5.74, 6) is 0.509. The number of fused-ring (bicyclic) bond motifs is 2. The van der Waals surface area contributed by atoms with E-state index in [1.165, 1.54) is 6.07 Å². The maximum atomic E-state index is 11.6. The van der Waals surface area contributed by atoms with Crippen LogP contribution >= 0.6 is 0 Å². The van der Waals surface area contributed by atoms with Crippen LogP contribution < -0.4 is 10.4 Å². The van der Waals surface area contributed by atoms with Crippen LogP contribution in [0.1, 0.15) is 19.4 Å². The van der Waals surface area contributed by atoms with Crippen molar-refractivity contribution in [3.8, 4) is 5.75 Å². The molecule has 0 amide bonds. The van der Waals surface area contributed by atoms with Crippen molar-refractivity contribution in [2.24, 2.45) is 0 Å². The molecule has 4 heterocycles. The number of hydrogen-bond donors (Lipinski definition) is 7. The summed E-state index contributed by atoms with van der Waals surface area (Å²) in [5, 5.41) is 71.8. The molecule has 0 saturated carbocycles. The Kier molecular flexibility index (Phi) is 8.22. The number of ether oxygens (including phenoxy) is 5. The van der Waals surface area contributed by atoms with Gasteiger partial charge in [-0.25, -0.2) is 4.79 Å². The largest absolute Gasteiger partial charge is 0.487 e. The van der Waals surface area contributed by atoms with Crippen LogP contribution in [-0.2, 0) is 25.4 Å². The topological polar surface area (TPSA) is 218 Å². The first-order chi connectivity index (χ1) is 18.9. The SMILES string of the molecule is CC(C)(OC1OC(COC2OC(CO)C(O)C(O)C2O)C(O)C(O)C1O)C1Cc2cc3ccc(=O)oc3cc2O1. The van der Waals surface area contributed by atoms with E-state index in [9.17, 15) is 40.5 Å². The van der Waals surface area contributed by atoms with E-state index in [-0.39, 0.29) is 0 Å². The fourth-order valence-corrected chi connectivity index (χ4v) is 5.12. The zero-order valence-electron chi connectivity index (χ0n) is 21.8. The highest BCUT2D eigenvalue weighted by atomic mass is 16.7. The van der Waals surface area contributed by atoms with E-state index < -0.39 is 92.0 Å². The predicted octanol–water partition coefficient (Wildman–Crippen LogP) is -2.48. The molecular weight excluding hydrogens is 536 g/mol. The second-order valence-corrected chi connectivity index (χ2v) is 10.8. The van der Waals surface area contributed by atoms with Crippen LogP contribution in [-0.4, -0.2) is 122 Å². The van der Waals surface area contributed by atoms with Gasteiger partial charge in [0.2, 0.25) is 0 Å². The average molecular weight is 571 g/mol. The average Bonchev–Trinajstić information content (AvgIpc) is 3.35. The Bertz CT molecular complexity index is 1250. The van der Waals surface area contributed by atoms with Crippen molar-refractivity contribution < 1.29 is 63.8 Å². The molecule has 2 aromatic rings. The predicted molar refractivity (Wildman–Crippen MR) is 132 cm³/mol. The molecule has 11 unspecified atom stereocenters. The minimum Gasteiger partial charge on any atom is -0.487 e. The van der Waals surface area contributed by atoms with Crippen LogP contribution in [0.3, 0.4) is 0 Å². The van der Waals surface area contributed by atoms with Crippen molar-refractivity contribution in [3.63, 3.8) is 0 Å². The van der Waals surface area contributed by atoms with Gasteiger partial charge in [0.05, 0.1) is 13.2 Å². The van der Waals surface area contributed by atoms with E-state index in [0.29, 0.717) is 17.8 Å². The number of aliphatic hydroxyl groups excluding tert-OH is 7. The Morgan fingerprint density at radius 1 is 0.875 bits per heavy atom. The van der Waals surface area contributed by atoms with Gasteiger partial charge in [0.25, 0.3) is 0 Å². The van der Waals surface area contributed by atoms with Gasteiger partial charge < -0.3 is 63.8 Å². The zero-order valence-corrected chi connectivity index (χ0v) is 21.8. The van der Waals surface area contributed by atoms with Gasteiger partial charge in [0.15, 0.2) is 12.6 Å². The monoisotopic (exact) mass is 570 g/mol. The maximum Gasteiger partial charge on any atom is 0.336 e. The smallest absolute Gasteiger partial charge is 0.336 e. The van der Waals surface area contributed by atoms with Gasteiger partial charge in [-0.1, -0.05) is 0 Å². The Balaban J connectivity index is 1.25. The van der Waals surface area contributed by atoms with E-state index in [1.54, 1.807) is 26.0 Å². The van der Waals surface area contributed by atoms with Crippen LogP contribution in [0.4, 0.5) is 0 Å². The fourth-order valence-electron chi connectivity index (χ4n) is 5.12. The molecule has 1 aromatic heterocycles. The minimum absolute atomic E-state index is 0.371. The third kappa shape index (κ3) is 5.49. The Hall–Kier alpha value is -2.21. The normalized spacial score (nSPS) is 38.3. The molecule has 11 atom stereocenters. The van der Waals surface area contributed by atoms with Crippen molar-refractivity contribution in [1.82, 2.24) is 0 Å². The highest BCUT2D eigenvalue weighted by Crippen LogP contribution is 2.38. The minimum atomic E-state index is -1.69. The van der Waals surface area contributed by atoms with Gasteiger partial charge in [0, 0.05) is 23.9 Å². The summed E-state index contributed by atoms with van der Waals surface area (Å²) in [5.41, 5.74) is -0.354. The number of hydrogen-bond acceptors (Lipinski definition) is 14. The van der Waals surface area contributed by atoms with Crippen LogP contribution in [0.25, 0.3) is 11.0 Å². The van der Waals surface area contributed by atoms with Crippen molar-refractivity contribution in [2.75, 3.05) is 13.2 Å². The van der Waals surface area contributed by atoms with Crippen molar-refractivity contribution in [3.05, 3.63) is 40.2 Å². The van der Waals surface area contributed by atoms with E-state index in [4.69, 9.17) is 28.1 Å². The van der Waals surface area contributed by atoms with Crippen LogP contribution in [0.2, 0.25) is 0 Å². The summed E-state index contributed by atoms with van der Waals surface area (Å²) in [4.78, 5) is 11.6. The highest BCUT2D eigenvalue weighted by molar-refractivity contribution is 5.79. The molecule has 0 radical (unpaired) electrons. The molecule has 0 aliphatic carbocycles. The van der Waals surface area contributed by atoms with E-state index in [1.807, 2.05) is 6.07 Å². The summed E-state index contributed by atoms with van der Waals surface area (Å²) in [7, 11) is 0. The van der Waals surface area contributed by atoms with Gasteiger partial charge in [-0.2, -0.15) is 0 Å². The summed E-state index contributed by atoms with van der Waals surface area (Å²) in [6, 6.07) is 6.46. The first-order valence-corrected chi connectivity index (χ1v) is 12.9. The quantitative estimate of drug-likeness (QED) is 0.172. The molecular formula is C26H34O14. The Morgan fingerprint density at radius 2 is 1.52 bits per heavy atom. The molecule has 40 heavy (non-hydrogen) atoms. The van der Waals surface area contributed by atoms with Crippen molar-refractivity contribution in [1.29, 1.82) is 0 Å². The summed E-state index contributed by atoms with van der Waals surface area (Å²) >= 11 is 0. The highest BCUT2D eigenvalue weighted by Gasteiger charge is 2.50. The third-order valence-electron chi connectivity index (χ3n) is 7.61. The van der Waals surface area contributed by atoms with Gasteiger partial charge in [0.1, 0.15) is 71.9 Å². The molecule has 2 fully saturated rings. The fraction of sp³-hybridized carbons (Fsp3) is 0.654. The Morgan fingerprint density at radius 3 is 2.23 bits per heavy atom. The lowest BCUT2D eigenvalue weighted by Crippen LogP contribution is -2.63. The molecule has 14 heteroatoms. The van der Waals surface area contributed by atoms with Gasteiger partial charge in [-0.05, 0) is 31.5 Å². The lowest BCUT2D eigenvalue weighted by molar-refractivity contribution is -0.345. The molecule has 0 spiro atoms. The summed E-state index contributed by atoms with van der Waals surface area (Å²) in [6.07, 6.45) is -15.4. The molecule has 0 bridgehead atoms. The van der Waals surface area contributed by atoms with Crippen molar-refractivity contribution in [2.45, 2.75) is 93.4 Å². The van der Waals surface area contributed by atoms with Gasteiger partial charge >= 0.3 is 5.63 Å². The van der Waals surface area contributed by atoms with Crippen LogP contribution in [0.15, 0.2) is 33.5 Å². The van der Waals surface area contributed by atoms with Crippen LogP contribution in [0.5, 0.6) is 5.75 Å². The second kappa shape index (κ2) is 11.2. The summed E-state index contributed by atoms with van der Waals surface area (Å²) < 4.78 is 33.9. The molecule has 5 rings (SSSR count). The molecule has 7 N–H and O–H groups in total. The molecule has 14 nitrogen and oxygen atoms in total. The molecule has 222 valence electrons. The van der Waals surface area contributed by atoms with Gasteiger partial charge in [-0.3, -0.25) is 0 Å². The lowest BCUT2D eigenvalue weighted by atomic mass is 9.95. The lowest BCUT2D eigenvalue weighted by Gasteiger charge is -2.45. The summed E-state index contributed by atoms with van der Waals surface area (Å²) in [6.45, 7) is 2.28. The van der Waals surface area contributed by atoms with Gasteiger partial charge in [-0.15, -0.1) is 0 Å². The van der Waals surface area contributed by atoms with E-state index in [2.05, 4.69) is 0 Å². The zero-order chi connectivity index (χ0) is 28.9. The number of benzene rings is 1. The first-order valence-electron chi connectivity index (χ1n) is 12.9. The molecule has 2 saturated heterocycles. The van der Waals surface area contributed by atoms with Crippen LogP contribution in [0, 0.1) is 0 Å². The van der Waals surface area contributed by atoms with E-state index in [0.717, 1.165) is 10.9 Å². The second-order valence-electron chi connectivity index (χ2n) is 10.8. The molecule has 1 aromatic carbocycles. The Labute approximate surface area is 227 Å². The van der Waals surface area contributed by atoms with Crippen molar-refractivity contribution >= 4 is 11.0 Å². The standard InChI is InChI=1S/C26H34O14/c1-26(2,16-6-11-5-10-3-4-17(28)37-12(10)7-13(11)36-16)40-25-23(34)21(32)19(30)15(39-25)9-35-24-22(33)20(31)18(29)14(8-27)38-24/h3-5,7,14-16,18-25,27,29-34H,6,8-9H2,1-2H3. The maximum absolute atomic E-state index is 11.6. The first kappa shape index (κ1) is 29.3. The number of aliphatic hydroxyl groups is 7. The van der Waals surface area contributed by atoms with E-state index >= 15 is 0 Å².